The molecule has 0 saturated carbocycles. The molecule has 0 radical (unpaired) electrons. The van der Waals surface area contributed by atoms with Crippen LogP contribution < -0.4 is 0 Å². The summed E-state index contributed by atoms with van der Waals surface area (Å²) in [7, 11) is 0. The van der Waals surface area contributed by atoms with Gasteiger partial charge in [0, 0.05) is 12.8 Å². The van der Waals surface area contributed by atoms with Crippen molar-refractivity contribution in [2.24, 2.45) is 0 Å². The Kier molecular flexibility index (Phi) is 44.4. The number of carbonyl (C=O) groups is 4. The minimum absolute atomic E-state index is 0.148. The molecule has 0 aromatic heterocycles. The van der Waals surface area contributed by atoms with Gasteiger partial charge in [0.2, 0.25) is 0 Å². The zero-order chi connectivity index (χ0) is 53.3. The number of allylic oxidation sites excluding steroid dienone is 15. The topological polar surface area (TPSA) is 175 Å². The molecule has 1 saturated heterocycles. The Morgan fingerprint density at radius 2 is 0.904 bits per heavy atom. The van der Waals surface area contributed by atoms with E-state index in [4.69, 9.17) is 23.7 Å². The number of aliphatic hydroxyl groups is 2. The van der Waals surface area contributed by atoms with Gasteiger partial charge in [-0.25, -0.2) is 4.79 Å². The van der Waals surface area contributed by atoms with Crippen LogP contribution in [-0.2, 0) is 42.9 Å². The highest BCUT2D eigenvalue weighted by Crippen LogP contribution is 2.26. The number of aliphatic hydroxyl groups excluding tert-OH is 2. The first kappa shape index (κ1) is 66.7. The van der Waals surface area contributed by atoms with Gasteiger partial charge >= 0.3 is 23.9 Å². The molecule has 1 rings (SSSR count). The Morgan fingerprint density at radius 1 is 0.479 bits per heavy atom. The van der Waals surface area contributed by atoms with Crippen LogP contribution in [0.3, 0.4) is 0 Å². The lowest BCUT2D eigenvalue weighted by molar-refractivity contribution is -0.301. The molecule has 3 N–H and O–H groups in total. The van der Waals surface area contributed by atoms with E-state index < -0.39 is 67.3 Å². The highest BCUT2D eigenvalue weighted by molar-refractivity contribution is 5.74. The highest BCUT2D eigenvalue weighted by atomic mass is 16.7. The lowest BCUT2D eigenvalue weighted by Gasteiger charge is -2.40. The summed E-state index contributed by atoms with van der Waals surface area (Å²) in [6.07, 6.45) is 51.3. The highest BCUT2D eigenvalue weighted by Gasteiger charge is 2.50. The molecule has 0 aromatic carbocycles. The minimum Gasteiger partial charge on any atom is -0.479 e. The van der Waals surface area contributed by atoms with Crippen molar-refractivity contribution in [2.75, 3.05) is 13.2 Å². The van der Waals surface area contributed by atoms with E-state index >= 15 is 0 Å². The largest absolute Gasteiger partial charge is 0.479 e. The maximum atomic E-state index is 13.1. The molecule has 0 bridgehead atoms. The van der Waals surface area contributed by atoms with Crippen molar-refractivity contribution in [1.29, 1.82) is 0 Å². The van der Waals surface area contributed by atoms with Gasteiger partial charge < -0.3 is 39.0 Å². The number of hydrogen-bond donors (Lipinski definition) is 3. The van der Waals surface area contributed by atoms with Crippen molar-refractivity contribution in [3.63, 3.8) is 0 Å². The molecule has 1 aliphatic rings. The van der Waals surface area contributed by atoms with Gasteiger partial charge in [-0.05, 0) is 77.0 Å². The zero-order valence-corrected chi connectivity index (χ0v) is 45.3. The fraction of sp³-hybridized carbons (Fsp3) is 0.672. The maximum Gasteiger partial charge on any atom is 0.335 e. The number of carboxylic acid groups (broad SMARTS) is 1. The Balaban J connectivity index is 2.74. The van der Waals surface area contributed by atoms with Gasteiger partial charge in [-0.1, -0.05) is 214 Å². The van der Waals surface area contributed by atoms with E-state index in [-0.39, 0.29) is 25.9 Å². The minimum atomic E-state index is -1.94. The normalized spacial score (nSPS) is 19.1. The van der Waals surface area contributed by atoms with Crippen LogP contribution in [0.1, 0.15) is 213 Å². The zero-order valence-electron chi connectivity index (χ0n) is 45.3. The van der Waals surface area contributed by atoms with Crippen LogP contribution in [0.25, 0.3) is 0 Å². The standard InChI is InChI=1S/C61H98O12/c1-4-7-10-13-16-19-22-24-26-27-29-30-33-35-38-41-44-47-53(62)69-50-52(71-54(63)48-45-42-39-36-32-21-18-15-12-9-6-3)51-70-61-59(57(66)56(65)58(73-61)60(67)68)72-55(64)49-46-43-40-37-34-31-28-25-23-20-17-14-11-8-5-2/h7-8,10-11,16-17,19-20,24-26,28,34,37,43,46,52,56-59,61,65-66H,4-6,9,12-15,18,21-23,27,29-33,35-36,38-42,44-45,47-51H2,1-3H3,(H,67,68)/b10-7-,11-8-,19-16-,20-17-,26-24-,28-25-,37-34-,46-43-. The number of esters is 3. The molecule has 0 amide bonds. The Bertz CT molecular complexity index is 1640. The third kappa shape index (κ3) is 38.8. The lowest BCUT2D eigenvalue weighted by Crippen LogP contribution is -2.61. The summed E-state index contributed by atoms with van der Waals surface area (Å²) in [5.41, 5.74) is 0. The van der Waals surface area contributed by atoms with Crippen LogP contribution in [0.15, 0.2) is 97.2 Å². The summed E-state index contributed by atoms with van der Waals surface area (Å²) in [5.74, 6) is -3.30. The van der Waals surface area contributed by atoms with Crippen LogP contribution in [0, 0.1) is 0 Å². The van der Waals surface area contributed by atoms with Gasteiger partial charge in [-0.15, -0.1) is 0 Å². The van der Waals surface area contributed by atoms with Crippen molar-refractivity contribution in [2.45, 2.75) is 250 Å². The first-order valence-electron chi connectivity index (χ1n) is 28.2. The summed E-state index contributed by atoms with van der Waals surface area (Å²) in [4.78, 5) is 50.9. The number of aliphatic carboxylic acids is 1. The third-order valence-corrected chi connectivity index (χ3v) is 12.2. The molecule has 6 unspecified atom stereocenters. The summed E-state index contributed by atoms with van der Waals surface area (Å²) < 4.78 is 28.2. The van der Waals surface area contributed by atoms with Crippen molar-refractivity contribution in [1.82, 2.24) is 0 Å². The van der Waals surface area contributed by atoms with Crippen LogP contribution >= 0.6 is 0 Å². The summed E-state index contributed by atoms with van der Waals surface area (Å²) in [5, 5.41) is 31.4. The van der Waals surface area contributed by atoms with Crippen molar-refractivity contribution in [3.05, 3.63) is 97.2 Å². The fourth-order valence-electron chi connectivity index (χ4n) is 7.93. The number of carboxylic acids is 1. The molecule has 1 fully saturated rings. The SMILES string of the molecule is CC/C=C\C/C=C\C/C=C\C/C=C\C/C=C\CC(=O)OC1C(OCC(COC(=O)CCCCCCCCC/C=C\C/C=C\C/C=C\CC)OC(=O)CCCCCCCCCCCCC)OC(C(=O)O)C(O)C1O. The van der Waals surface area contributed by atoms with Crippen LogP contribution in [0.4, 0.5) is 0 Å². The summed E-state index contributed by atoms with van der Waals surface area (Å²) in [6.45, 7) is 5.69. The average Bonchev–Trinajstić information content (AvgIpc) is 3.37. The Hall–Kier alpha value is -4.36. The maximum absolute atomic E-state index is 13.1. The number of hydrogen-bond acceptors (Lipinski definition) is 11. The monoisotopic (exact) mass is 1020 g/mol. The van der Waals surface area contributed by atoms with E-state index in [0.29, 0.717) is 19.3 Å². The van der Waals surface area contributed by atoms with Crippen molar-refractivity contribution in [3.8, 4) is 0 Å². The first-order chi connectivity index (χ1) is 35.6. The van der Waals surface area contributed by atoms with Gasteiger partial charge in [0.25, 0.3) is 0 Å². The van der Waals surface area contributed by atoms with Crippen LogP contribution in [0.2, 0.25) is 0 Å². The quantitative estimate of drug-likeness (QED) is 0.0228. The lowest BCUT2D eigenvalue weighted by atomic mass is 9.98. The van der Waals surface area contributed by atoms with E-state index in [9.17, 15) is 34.5 Å². The van der Waals surface area contributed by atoms with E-state index in [1.165, 1.54) is 51.4 Å². The molecule has 0 aromatic rings. The summed E-state index contributed by atoms with van der Waals surface area (Å²) in [6, 6.07) is 0. The van der Waals surface area contributed by atoms with Gasteiger partial charge in [-0.2, -0.15) is 0 Å². The molecular weight excluding hydrogens is 925 g/mol. The molecule has 12 heteroatoms. The molecule has 1 heterocycles. The molecule has 0 aliphatic carbocycles. The number of ether oxygens (including phenoxy) is 5. The van der Waals surface area contributed by atoms with Gasteiger partial charge in [0.1, 0.15) is 18.8 Å². The van der Waals surface area contributed by atoms with E-state index in [1.54, 1.807) is 12.2 Å². The molecule has 0 spiro atoms. The fourth-order valence-corrected chi connectivity index (χ4v) is 7.93. The smallest absolute Gasteiger partial charge is 0.335 e. The Morgan fingerprint density at radius 3 is 1.38 bits per heavy atom. The van der Waals surface area contributed by atoms with Crippen molar-refractivity contribution < 1.29 is 58.2 Å². The van der Waals surface area contributed by atoms with Gasteiger partial charge in [-0.3, -0.25) is 14.4 Å². The van der Waals surface area contributed by atoms with E-state index in [2.05, 4.69) is 93.7 Å². The van der Waals surface area contributed by atoms with Crippen LogP contribution in [-0.4, -0.2) is 89.2 Å². The molecule has 1 aliphatic heterocycles. The molecular formula is C61H98O12. The second kappa shape index (κ2) is 48.6. The van der Waals surface area contributed by atoms with E-state index in [1.807, 2.05) is 12.2 Å². The van der Waals surface area contributed by atoms with Crippen molar-refractivity contribution >= 4 is 23.9 Å². The number of rotatable bonds is 46. The van der Waals surface area contributed by atoms with Gasteiger partial charge in [0.15, 0.2) is 24.6 Å². The average molecular weight is 1020 g/mol. The second-order valence-electron chi connectivity index (χ2n) is 18.8. The molecule has 73 heavy (non-hydrogen) atoms. The molecule has 12 nitrogen and oxygen atoms in total. The van der Waals surface area contributed by atoms with E-state index in [0.717, 1.165) is 103 Å². The van der Waals surface area contributed by atoms with Crippen LogP contribution in [0.5, 0.6) is 0 Å². The molecule has 6 atom stereocenters. The molecule has 414 valence electrons. The predicted octanol–water partition coefficient (Wildman–Crippen LogP) is 14.1. The second-order valence-corrected chi connectivity index (χ2v) is 18.8. The summed E-state index contributed by atoms with van der Waals surface area (Å²) >= 11 is 0. The number of carbonyl (C=O) groups excluding carboxylic acids is 3. The third-order valence-electron chi connectivity index (χ3n) is 12.2. The van der Waals surface area contributed by atoms with Gasteiger partial charge in [0.05, 0.1) is 13.0 Å². The Labute approximate surface area is 441 Å². The predicted molar refractivity (Wildman–Crippen MR) is 294 cm³/mol. The first-order valence-corrected chi connectivity index (χ1v) is 28.2. The number of unbranched alkanes of at least 4 members (excludes halogenated alkanes) is 17.